The molecule has 0 unspecified atom stereocenters. The quantitative estimate of drug-likeness (QED) is 0.160. The SMILES string of the molecule is Clc1cccc(N(c2cccc(N(c3ccccc3)c3ccc(-c4ccccc4)cc3)c2)c2cccc3c2-c2ccccc2C32c3ccccc3-c3ccccc32)c1. The monoisotopic (exact) mass is 760 g/mol. The zero-order valence-corrected chi connectivity index (χ0v) is 32.4. The molecule has 11 rings (SSSR count). The molecule has 1 spiro atoms. The number of rotatable bonds is 7. The molecule has 0 amide bonds. The van der Waals surface area contributed by atoms with Crippen LogP contribution < -0.4 is 9.80 Å². The molecule has 0 saturated carbocycles. The van der Waals surface area contributed by atoms with Gasteiger partial charge in [-0.25, -0.2) is 0 Å². The Bertz CT molecular complexity index is 2930. The zero-order valence-electron chi connectivity index (χ0n) is 31.6. The third-order valence-electron chi connectivity index (χ3n) is 11.9. The lowest BCUT2D eigenvalue weighted by Crippen LogP contribution is -2.26. The molecule has 0 aromatic heterocycles. The Morgan fingerprint density at radius 3 is 1.41 bits per heavy atom. The van der Waals surface area contributed by atoms with Gasteiger partial charge in [-0.3, -0.25) is 0 Å². The van der Waals surface area contributed by atoms with Crippen LogP contribution >= 0.6 is 11.6 Å². The summed E-state index contributed by atoms with van der Waals surface area (Å²) in [4.78, 5) is 4.72. The van der Waals surface area contributed by atoms with Gasteiger partial charge in [0, 0.05) is 39.0 Å². The van der Waals surface area contributed by atoms with Gasteiger partial charge in [0.25, 0.3) is 0 Å². The van der Waals surface area contributed by atoms with Crippen LogP contribution in [0.4, 0.5) is 34.1 Å². The Morgan fingerprint density at radius 2 is 0.759 bits per heavy atom. The first-order valence-corrected chi connectivity index (χ1v) is 20.2. The predicted octanol–water partition coefficient (Wildman–Crippen LogP) is 15.3. The van der Waals surface area contributed by atoms with Crippen molar-refractivity contribution in [1.82, 2.24) is 0 Å². The fourth-order valence-electron chi connectivity index (χ4n) is 9.58. The Morgan fingerprint density at radius 1 is 0.310 bits per heavy atom. The fraction of sp³-hybridized carbons (Fsp3) is 0.0182. The van der Waals surface area contributed by atoms with Crippen molar-refractivity contribution in [3.05, 3.63) is 252 Å². The fourth-order valence-corrected chi connectivity index (χ4v) is 9.77. The van der Waals surface area contributed by atoms with E-state index in [0.717, 1.165) is 34.1 Å². The van der Waals surface area contributed by atoms with Gasteiger partial charge in [-0.15, -0.1) is 0 Å². The highest BCUT2D eigenvalue weighted by atomic mass is 35.5. The highest BCUT2D eigenvalue weighted by molar-refractivity contribution is 6.31. The van der Waals surface area contributed by atoms with Crippen molar-refractivity contribution in [3.8, 4) is 33.4 Å². The number of halogens is 1. The molecule has 2 aliphatic carbocycles. The third-order valence-corrected chi connectivity index (χ3v) is 12.1. The van der Waals surface area contributed by atoms with Crippen molar-refractivity contribution in [2.75, 3.05) is 9.80 Å². The summed E-state index contributed by atoms with van der Waals surface area (Å²) in [6.45, 7) is 0. The lowest BCUT2D eigenvalue weighted by atomic mass is 9.70. The average molecular weight is 761 g/mol. The summed E-state index contributed by atoms with van der Waals surface area (Å²) in [7, 11) is 0. The topological polar surface area (TPSA) is 6.48 Å². The van der Waals surface area contributed by atoms with E-state index in [1.54, 1.807) is 0 Å². The van der Waals surface area contributed by atoms with Crippen LogP contribution in [0.15, 0.2) is 224 Å². The molecule has 3 heteroatoms. The molecule has 0 bridgehead atoms. The minimum Gasteiger partial charge on any atom is -0.310 e. The van der Waals surface area contributed by atoms with Crippen LogP contribution in [-0.4, -0.2) is 0 Å². The van der Waals surface area contributed by atoms with Crippen molar-refractivity contribution in [2.24, 2.45) is 0 Å². The second-order valence-electron chi connectivity index (χ2n) is 15.0. The minimum atomic E-state index is -0.451. The Kier molecular flexibility index (Phi) is 8.13. The van der Waals surface area contributed by atoms with E-state index in [0.29, 0.717) is 5.02 Å². The van der Waals surface area contributed by atoms with Gasteiger partial charge in [0.05, 0.1) is 11.1 Å². The summed E-state index contributed by atoms with van der Waals surface area (Å²) in [6.07, 6.45) is 0. The maximum absolute atomic E-state index is 6.84. The van der Waals surface area contributed by atoms with Gasteiger partial charge in [0.1, 0.15) is 0 Å². The molecule has 0 atom stereocenters. The molecule has 0 aliphatic heterocycles. The number of benzene rings is 9. The molecular weight excluding hydrogens is 724 g/mol. The van der Waals surface area contributed by atoms with Crippen LogP contribution in [0, 0.1) is 0 Å². The molecular formula is C55H37ClN2. The summed E-state index contributed by atoms with van der Waals surface area (Å²) in [5.74, 6) is 0. The summed E-state index contributed by atoms with van der Waals surface area (Å²) >= 11 is 6.84. The standard InChI is InChI=1S/C55H37ClN2/c56-40-18-13-21-43(36-40)58(45-23-14-22-44(37-45)57(41-19-5-2-6-20-41)42-34-32-39(33-35-42)38-16-3-1-4-17-38)53-31-15-30-52-54(53)48-26-9-12-29-51(48)55(52)49-27-10-7-24-46(49)47-25-8-11-28-50(47)55/h1-37H. The molecule has 0 saturated heterocycles. The number of nitrogens with zero attached hydrogens (tertiary/aromatic N) is 2. The molecule has 2 nitrogen and oxygen atoms in total. The number of anilines is 6. The van der Waals surface area contributed by atoms with Gasteiger partial charge in [-0.05, 0) is 117 Å². The van der Waals surface area contributed by atoms with Gasteiger partial charge < -0.3 is 9.80 Å². The van der Waals surface area contributed by atoms with Gasteiger partial charge in [0.2, 0.25) is 0 Å². The van der Waals surface area contributed by atoms with Gasteiger partial charge in [-0.1, -0.05) is 169 Å². The first-order chi connectivity index (χ1) is 28.7. The van der Waals surface area contributed by atoms with Crippen LogP contribution in [0.2, 0.25) is 5.02 Å². The van der Waals surface area contributed by atoms with E-state index >= 15 is 0 Å². The van der Waals surface area contributed by atoms with Crippen molar-refractivity contribution < 1.29 is 0 Å². The van der Waals surface area contributed by atoms with Crippen molar-refractivity contribution in [2.45, 2.75) is 5.41 Å². The molecule has 0 N–H and O–H groups in total. The zero-order chi connectivity index (χ0) is 38.6. The molecule has 274 valence electrons. The Balaban J connectivity index is 1.12. The molecule has 9 aromatic carbocycles. The highest BCUT2D eigenvalue weighted by Gasteiger charge is 2.52. The van der Waals surface area contributed by atoms with E-state index < -0.39 is 5.41 Å². The second kappa shape index (κ2) is 13.8. The van der Waals surface area contributed by atoms with E-state index in [-0.39, 0.29) is 0 Å². The lowest BCUT2D eigenvalue weighted by Gasteiger charge is -2.32. The first-order valence-electron chi connectivity index (χ1n) is 19.8. The maximum Gasteiger partial charge on any atom is 0.0726 e. The van der Waals surface area contributed by atoms with Crippen LogP contribution in [0.25, 0.3) is 33.4 Å². The van der Waals surface area contributed by atoms with Crippen molar-refractivity contribution in [3.63, 3.8) is 0 Å². The minimum absolute atomic E-state index is 0.451. The van der Waals surface area contributed by atoms with Gasteiger partial charge >= 0.3 is 0 Å². The van der Waals surface area contributed by atoms with Crippen molar-refractivity contribution >= 4 is 45.7 Å². The van der Waals surface area contributed by atoms with Crippen LogP contribution in [0.3, 0.4) is 0 Å². The Hall–Kier alpha value is -7.13. The van der Waals surface area contributed by atoms with E-state index in [4.69, 9.17) is 11.6 Å². The molecule has 0 heterocycles. The van der Waals surface area contributed by atoms with Crippen LogP contribution in [0.5, 0.6) is 0 Å². The van der Waals surface area contributed by atoms with Gasteiger partial charge in [-0.2, -0.15) is 0 Å². The largest absolute Gasteiger partial charge is 0.310 e. The summed E-state index contributed by atoms with van der Waals surface area (Å²) < 4.78 is 0. The maximum atomic E-state index is 6.84. The van der Waals surface area contributed by atoms with Crippen LogP contribution in [-0.2, 0) is 5.41 Å². The number of fused-ring (bicyclic) bond motifs is 10. The normalized spacial score (nSPS) is 12.7. The predicted molar refractivity (Wildman–Crippen MR) is 243 cm³/mol. The van der Waals surface area contributed by atoms with E-state index in [2.05, 4.69) is 222 Å². The second-order valence-corrected chi connectivity index (χ2v) is 15.4. The summed E-state index contributed by atoms with van der Waals surface area (Å²) in [6, 6.07) is 80.9. The average Bonchev–Trinajstić information content (AvgIpc) is 3.76. The van der Waals surface area contributed by atoms with Crippen LogP contribution in [0.1, 0.15) is 22.3 Å². The smallest absolute Gasteiger partial charge is 0.0726 e. The van der Waals surface area contributed by atoms with E-state index in [1.165, 1.54) is 55.6 Å². The Labute approximate surface area is 344 Å². The highest BCUT2D eigenvalue weighted by Crippen LogP contribution is 2.64. The van der Waals surface area contributed by atoms with E-state index in [9.17, 15) is 0 Å². The first kappa shape index (κ1) is 34.1. The summed E-state index contributed by atoms with van der Waals surface area (Å²) in [5.41, 5.74) is 18.6. The summed E-state index contributed by atoms with van der Waals surface area (Å²) in [5, 5.41) is 0.686. The molecule has 58 heavy (non-hydrogen) atoms. The number of hydrogen-bond acceptors (Lipinski definition) is 2. The lowest BCUT2D eigenvalue weighted by molar-refractivity contribution is 0.794. The number of para-hydroxylation sites is 1. The molecule has 0 radical (unpaired) electrons. The molecule has 2 aliphatic rings. The molecule has 0 fully saturated rings. The number of hydrogen-bond donors (Lipinski definition) is 0. The van der Waals surface area contributed by atoms with Crippen molar-refractivity contribution in [1.29, 1.82) is 0 Å². The van der Waals surface area contributed by atoms with E-state index in [1.807, 2.05) is 12.1 Å². The molecule has 9 aromatic rings. The van der Waals surface area contributed by atoms with Gasteiger partial charge in [0.15, 0.2) is 0 Å². The third kappa shape index (κ3) is 5.26.